The Morgan fingerprint density at radius 2 is 2.43 bits per heavy atom. The lowest BCUT2D eigenvalue weighted by atomic mass is 10.1. The van der Waals surface area contributed by atoms with Gasteiger partial charge in [-0.2, -0.15) is 0 Å². The van der Waals surface area contributed by atoms with Crippen molar-refractivity contribution in [3.8, 4) is 0 Å². The van der Waals surface area contributed by atoms with Crippen molar-refractivity contribution in [1.82, 2.24) is 10.2 Å². The average molecular weight is 196 g/mol. The number of nitrogens with zero attached hydrogens (tertiary/aromatic N) is 3. The van der Waals surface area contributed by atoms with E-state index in [0.717, 1.165) is 19.0 Å². The van der Waals surface area contributed by atoms with Gasteiger partial charge >= 0.3 is 6.01 Å². The van der Waals surface area contributed by atoms with Crippen LogP contribution in [-0.4, -0.2) is 23.3 Å². The maximum atomic E-state index is 5.40. The van der Waals surface area contributed by atoms with Gasteiger partial charge in [0.1, 0.15) is 0 Å². The highest BCUT2D eigenvalue weighted by Gasteiger charge is 2.24. The highest BCUT2D eigenvalue weighted by atomic mass is 16.4. The molecule has 0 amide bonds. The van der Waals surface area contributed by atoms with E-state index in [0.29, 0.717) is 18.5 Å². The molecule has 2 N–H and O–H groups in total. The van der Waals surface area contributed by atoms with Gasteiger partial charge in [0.25, 0.3) is 0 Å². The molecular formula is C9H16N4O. The summed E-state index contributed by atoms with van der Waals surface area (Å²) in [7, 11) is 0. The zero-order chi connectivity index (χ0) is 9.97. The first-order chi connectivity index (χ1) is 6.83. The molecule has 14 heavy (non-hydrogen) atoms. The highest BCUT2D eigenvalue weighted by molar-refractivity contribution is 5.26. The standard InChI is InChI=1S/C9H16N4O/c1-2-7-3-4-13(6-7)9-12-11-8(5-10)14-9/h7H,2-6,10H2,1H3. The summed E-state index contributed by atoms with van der Waals surface area (Å²) in [5, 5.41) is 7.81. The maximum Gasteiger partial charge on any atom is 0.318 e. The molecule has 5 nitrogen and oxygen atoms in total. The van der Waals surface area contributed by atoms with Crippen LogP contribution in [0.1, 0.15) is 25.7 Å². The van der Waals surface area contributed by atoms with E-state index in [1.807, 2.05) is 0 Å². The van der Waals surface area contributed by atoms with Gasteiger partial charge in [0.05, 0.1) is 6.54 Å². The summed E-state index contributed by atoms with van der Waals surface area (Å²) < 4.78 is 5.39. The third-order valence-electron chi connectivity index (χ3n) is 2.76. The van der Waals surface area contributed by atoms with Crippen LogP contribution in [0.4, 0.5) is 6.01 Å². The van der Waals surface area contributed by atoms with E-state index in [4.69, 9.17) is 10.2 Å². The second-order valence-corrected chi connectivity index (χ2v) is 3.69. The number of anilines is 1. The summed E-state index contributed by atoms with van der Waals surface area (Å²) in [5.41, 5.74) is 5.40. The van der Waals surface area contributed by atoms with Crippen molar-refractivity contribution in [2.75, 3.05) is 18.0 Å². The van der Waals surface area contributed by atoms with Crippen molar-refractivity contribution in [3.05, 3.63) is 5.89 Å². The molecule has 1 aromatic heterocycles. The minimum absolute atomic E-state index is 0.318. The Balaban J connectivity index is 2.02. The Morgan fingerprint density at radius 3 is 3.00 bits per heavy atom. The fraction of sp³-hybridized carbons (Fsp3) is 0.778. The van der Waals surface area contributed by atoms with Crippen molar-refractivity contribution in [2.45, 2.75) is 26.3 Å². The summed E-state index contributed by atoms with van der Waals surface area (Å²) in [5.74, 6) is 1.28. The molecule has 1 fully saturated rings. The minimum Gasteiger partial charge on any atom is -0.407 e. The molecule has 2 rings (SSSR count). The second-order valence-electron chi connectivity index (χ2n) is 3.69. The Labute approximate surface area is 83.3 Å². The molecule has 0 spiro atoms. The van der Waals surface area contributed by atoms with E-state index in [1.165, 1.54) is 12.8 Å². The van der Waals surface area contributed by atoms with Crippen LogP contribution in [0.2, 0.25) is 0 Å². The summed E-state index contributed by atoms with van der Waals surface area (Å²) in [6.07, 6.45) is 2.44. The van der Waals surface area contributed by atoms with Crippen LogP contribution in [0, 0.1) is 5.92 Å². The minimum atomic E-state index is 0.318. The van der Waals surface area contributed by atoms with Crippen LogP contribution < -0.4 is 10.6 Å². The van der Waals surface area contributed by atoms with Crippen LogP contribution in [0.5, 0.6) is 0 Å². The molecule has 1 atom stereocenters. The lowest BCUT2D eigenvalue weighted by molar-refractivity contribution is 0.488. The van der Waals surface area contributed by atoms with E-state index in [-0.39, 0.29) is 0 Å². The predicted molar refractivity (Wildman–Crippen MR) is 52.8 cm³/mol. The molecule has 1 aliphatic rings. The first kappa shape index (κ1) is 9.45. The topological polar surface area (TPSA) is 68.2 Å². The maximum absolute atomic E-state index is 5.40. The number of hydrogen-bond acceptors (Lipinski definition) is 5. The van der Waals surface area contributed by atoms with Crippen molar-refractivity contribution in [2.24, 2.45) is 11.7 Å². The van der Waals surface area contributed by atoms with Crippen LogP contribution >= 0.6 is 0 Å². The van der Waals surface area contributed by atoms with Gasteiger partial charge in [-0.05, 0) is 12.3 Å². The van der Waals surface area contributed by atoms with Crippen molar-refractivity contribution in [1.29, 1.82) is 0 Å². The number of nitrogens with two attached hydrogens (primary N) is 1. The molecule has 0 radical (unpaired) electrons. The predicted octanol–water partition coefficient (Wildman–Crippen LogP) is 0.765. The first-order valence-corrected chi connectivity index (χ1v) is 5.11. The number of hydrogen-bond donors (Lipinski definition) is 1. The Bertz CT molecular complexity index is 299. The van der Waals surface area contributed by atoms with Crippen LogP contribution in [0.25, 0.3) is 0 Å². The third-order valence-corrected chi connectivity index (χ3v) is 2.76. The zero-order valence-corrected chi connectivity index (χ0v) is 8.44. The molecular weight excluding hydrogens is 180 g/mol. The van der Waals surface area contributed by atoms with E-state index < -0.39 is 0 Å². The fourth-order valence-corrected chi connectivity index (χ4v) is 1.79. The van der Waals surface area contributed by atoms with Crippen LogP contribution in [0.3, 0.4) is 0 Å². The Kier molecular flexibility index (Phi) is 2.67. The summed E-state index contributed by atoms with van der Waals surface area (Å²) in [4.78, 5) is 2.14. The molecule has 1 saturated heterocycles. The van der Waals surface area contributed by atoms with Gasteiger partial charge in [-0.25, -0.2) is 0 Å². The van der Waals surface area contributed by atoms with Gasteiger partial charge in [0.15, 0.2) is 0 Å². The fourth-order valence-electron chi connectivity index (χ4n) is 1.79. The molecule has 1 aromatic rings. The van der Waals surface area contributed by atoms with E-state index >= 15 is 0 Å². The third kappa shape index (κ3) is 1.72. The Morgan fingerprint density at radius 1 is 1.57 bits per heavy atom. The highest BCUT2D eigenvalue weighted by Crippen LogP contribution is 2.24. The molecule has 2 heterocycles. The van der Waals surface area contributed by atoms with Crippen molar-refractivity contribution in [3.63, 3.8) is 0 Å². The number of rotatable bonds is 3. The van der Waals surface area contributed by atoms with E-state index in [1.54, 1.807) is 0 Å². The molecule has 0 aliphatic carbocycles. The van der Waals surface area contributed by atoms with Crippen LogP contribution in [-0.2, 0) is 6.54 Å². The van der Waals surface area contributed by atoms with Gasteiger partial charge in [0, 0.05) is 13.1 Å². The molecule has 0 aromatic carbocycles. The SMILES string of the molecule is CCC1CCN(c2nnc(CN)o2)C1. The van der Waals surface area contributed by atoms with E-state index in [9.17, 15) is 0 Å². The van der Waals surface area contributed by atoms with Crippen LogP contribution in [0.15, 0.2) is 4.42 Å². The molecule has 1 unspecified atom stereocenters. The van der Waals surface area contributed by atoms with E-state index in [2.05, 4.69) is 22.0 Å². The largest absolute Gasteiger partial charge is 0.407 e. The average Bonchev–Trinajstić information content (AvgIpc) is 2.86. The van der Waals surface area contributed by atoms with Gasteiger partial charge in [-0.3, -0.25) is 0 Å². The molecule has 0 saturated carbocycles. The molecule has 1 aliphatic heterocycles. The lowest BCUT2D eigenvalue weighted by Crippen LogP contribution is -2.19. The zero-order valence-electron chi connectivity index (χ0n) is 8.44. The lowest BCUT2D eigenvalue weighted by Gasteiger charge is -2.11. The molecule has 5 heteroatoms. The van der Waals surface area contributed by atoms with Crippen molar-refractivity contribution >= 4 is 6.01 Å². The smallest absolute Gasteiger partial charge is 0.318 e. The van der Waals surface area contributed by atoms with Gasteiger partial charge in [0.2, 0.25) is 5.89 Å². The quantitative estimate of drug-likeness (QED) is 0.773. The molecule has 0 bridgehead atoms. The van der Waals surface area contributed by atoms with Gasteiger partial charge in [-0.1, -0.05) is 18.4 Å². The number of aromatic nitrogens is 2. The van der Waals surface area contributed by atoms with Gasteiger partial charge in [-0.15, -0.1) is 5.10 Å². The normalized spacial score (nSPS) is 21.9. The monoisotopic (exact) mass is 196 g/mol. The van der Waals surface area contributed by atoms with Crippen molar-refractivity contribution < 1.29 is 4.42 Å². The second kappa shape index (κ2) is 3.96. The summed E-state index contributed by atoms with van der Waals surface area (Å²) >= 11 is 0. The Hall–Kier alpha value is -1.10. The summed E-state index contributed by atoms with van der Waals surface area (Å²) in [6, 6.07) is 0.626. The summed E-state index contributed by atoms with van der Waals surface area (Å²) in [6.45, 7) is 4.58. The van der Waals surface area contributed by atoms with Gasteiger partial charge < -0.3 is 15.1 Å². The first-order valence-electron chi connectivity index (χ1n) is 5.11. The molecule has 78 valence electrons.